The maximum atomic E-state index is 5.53. The number of rotatable bonds is 2. The third kappa shape index (κ3) is 3.35. The van der Waals surface area contributed by atoms with E-state index in [-0.39, 0.29) is 0 Å². The molecule has 1 aromatic rings. The molecule has 4 nitrogen and oxygen atoms in total. The zero-order chi connectivity index (χ0) is 12.9. The van der Waals surface area contributed by atoms with Crippen LogP contribution in [0.5, 0.6) is 0 Å². The Hall–Kier alpha value is -0.900. The van der Waals surface area contributed by atoms with E-state index in [0.29, 0.717) is 11.8 Å². The van der Waals surface area contributed by atoms with Crippen molar-refractivity contribution in [3.63, 3.8) is 0 Å². The second kappa shape index (κ2) is 6.51. The highest BCUT2D eigenvalue weighted by Gasteiger charge is 2.24. The summed E-state index contributed by atoms with van der Waals surface area (Å²) in [6, 6.07) is 0. The maximum absolute atomic E-state index is 5.53. The molecular weight excluding hydrogens is 238 g/mol. The average Bonchev–Trinajstić information content (AvgIpc) is 2.89. The van der Waals surface area contributed by atoms with Gasteiger partial charge in [-0.3, -0.25) is 0 Å². The van der Waals surface area contributed by atoms with Gasteiger partial charge in [-0.25, -0.2) is 0 Å². The summed E-state index contributed by atoms with van der Waals surface area (Å²) in [4.78, 5) is 4.71. The SMILES string of the molecule is C1CCCC(c2noc(C3CCCNC3)n2)CCC1. The first kappa shape index (κ1) is 13.1. The zero-order valence-electron chi connectivity index (χ0n) is 11.7. The van der Waals surface area contributed by atoms with Crippen LogP contribution >= 0.6 is 0 Å². The molecule has 0 amide bonds. The minimum Gasteiger partial charge on any atom is -0.339 e. The van der Waals surface area contributed by atoms with Crippen LogP contribution in [0.1, 0.15) is 81.3 Å². The molecule has 2 aliphatic rings. The van der Waals surface area contributed by atoms with Gasteiger partial charge in [0.1, 0.15) is 0 Å². The quantitative estimate of drug-likeness (QED) is 0.889. The van der Waals surface area contributed by atoms with Crippen LogP contribution in [0.15, 0.2) is 4.52 Å². The standard InChI is InChI=1S/C15H25N3O/c1-2-4-7-12(8-5-3-1)14-17-15(19-18-14)13-9-6-10-16-11-13/h12-13,16H,1-11H2. The largest absolute Gasteiger partial charge is 0.339 e. The van der Waals surface area contributed by atoms with E-state index in [4.69, 9.17) is 9.51 Å². The Morgan fingerprint density at radius 2 is 1.63 bits per heavy atom. The second-order valence-electron chi connectivity index (χ2n) is 6.08. The van der Waals surface area contributed by atoms with Gasteiger partial charge in [0.2, 0.25) is 5.89 Å². The van der Waals surface area contributed by atoms with Crippen molar-refractivity contribution in [2.75, 3.05) is 13.1 Å². The van der Waals surface area contributed by atoms with Crippen LogP contribution in [0, 0.1) is 0 Å². The van der Waals surface area contributed by atoms with Crippen molar-refractivity contribution in [3.8, 4) is 0 Å². The van der Waals surface area contributed by atoms with E-state index in [1.165, 1.54) is 57.8 Å². The van der Waals surface area contributed by atoms with E-state index in [2.05, 4.69) is 10.5 Å². The summed E-state index contributed by atoms with van der Waals surface area (Å²) in [5.41, 5.74) is 0. The van der Waals surface area contributed by atoms with Gasteiger partial charge < -0.3 is 9.84 Å². The number of aromatic nitrogens is 2. The molecule has 0 aromatic carbocycles. The van der Waals surface area contributed by atoms with Gasteiger partial charge in [-0.2, -0.15) is 4.98 Å². The monoisotopic (exact) mass is 263 g/mol. The molecule has 1 saturated heterocycles. The van der Waals surface area contributed by atoms with E-state index in [0.717, 1.165) is 24.8 Å². The minimum atomic E-state index is 0.434. The lowest BCUT2D eigenvalue weighted by atomic mass is 9.90. The number of nitrogens with one attached hydrogen (secondary N) is 1. The van der Waals surface area contributed by atoms with Crippen LogP contribution in [0.4, 0.5) is 0 Å². The van der Waals surface area contributed by atoms with Gasteiger partial charge in [0, 0.05) is 12.5 Å². The number of piperidine rings is 1. The molecule has 4 heteroatoms. The lowest BCUT2D eigenvalue weighted by Gasteiger charge is -2.19. The molecule has 1 aromatic heterocycles. The van der Waals surface area contributed by atoms with Crippen LogP contribution in [0.3, 0.4) is 0 Å². The molecule has 1 unspecified atom stereocenters. The van der Waals surface area contributed by atoms with Crippen LogP contribution in [-0.4, -0.2) is 23.2 Å². The van der Waals surface area contributed by atoms with Gasteiger partial charge in [-0.15, -0.1) is 0 Å². The summed E-state index contributed by atoms with van der Waals surface area (Å²) in [5, 5.41) is 7.69. The van der Waals surface area contributed by atoms with Crippen molar-refractivity contribution in [1.29, 1.82) is 0 Å². The van der Waals surface area contributed by atoms with Crippen molar-refractivity contribution < 1.29 is 4.52 Å². The minimum absolute atomic E-state index is 0.434. The molecule has 0 radical (unpaired) electrons. The Labute approximate surface area is 115 Å². The molecule has 2 heterocycles. The summed E-state index contributed by atoms with van der Waals surface area (Å²) in [7, 11) is 0. The van der Waals surface area contributed by atoms with Crippen LogP contribution < -0.4 is 5.32 Å². The highest BCUT2D eigenvalue weighted by molar-refractivity contribution is 5.01. The Kier molecular flexibility index (Phi) is 4.49. The lowest BCUT2D eigenvalue weighted by molar-refractivity contribution is 0.317. The average molecular weight is 263 g/mol. The molecule has 1 aliphatic heterocycles. The molecule has 0 bridgehead atoms. The summed E-state index contributed by atoms with van der Waals surface area (Å²) in [6.07, 6.45) is 11.6. The Bertz CT molecular complexity index is 376. The van der Waals surface area contributed by atoms with E-state index >= 15 is 0 Å². The molecular formula is C15H25N3O. The summed E-state index contributed by atoms with van der Waals surface area (Å²) in [6.45, 7) is 2.12. The highest BCUT2D eigenvalue weighted by atomic mass is 16.5. The molecule has 1 N–H and O–H groups in total. The van der Waals surface area contributed by atoms with Crippen LogP contribution in [0.25, 0.3) is 0 Å². The van der Waals surface area contributed by atoms with Crippen LogP contribution in [0.2, 0.25) is 0 Å². The second-order valence-corrected chi connectivity index (χ2v) is 6.08. The Balaban J connectivity index is 1.65. The van der Waals surface area contributed by atoms with Crippen molar-refractivity contribution in [3.05, 3.63) is 11.7 Å². The maximum Gasteiger partial charge on any atom is 0.231 e. The van der Waals surface area contributed by atoms with Gasteiger partial charge in [0.25, 0.3) is 0 Å². The fourth-order valence-corrected chi connectivity index (χ4v) is 3.36. The molecule has 1 atom stereocenters. The van der Waals surface area contributed by atoms with Gasteiger partial charge >= 0.3 is 0 Å². The fraction of sp³-hybridized carbons (Fsp3) is 0.867. The van der Waals surface area contributed by atoms with E-state index in [1.807, 2.05) is 0 Å². The predicted octanol–water partition coefficient (Wildman–Crippen LogP) is 3.36. The zero-order valence-corrected chi connectivity index (χ0v) is 11.7. The van der Waals surface area contributed by atoms with Crippen molar-refractivity contribution in [2.45, 2.75) is 69.6 Å². The molecule has 1 aliphatic carbocycles. The molecule has 3 rings (SSSR count). The highest BCUT2D eigenvalue weighted by Crippen LogP contribution is 2.30. The van der Waals surface area contributed by atoms with Crippen molar-refractivity contribution in [2.24, 2.45) is 0 Å². The number of hydrogen-bond acceptors (Lipinski definition) is 4. The predicted molar refractivity (Wildman–Crippen MR) is 74.2 cm³/mol. The Morgan fingerprint density at radius 1 is 0.895 bits per heavy atom. The van der Waals surface area contributed by atoms with E-state index in [1.54, 1.807) is 0 Å². The van der Waals surface area contributed by atoms with Crippen molar-refractivity contribution in [1.82, 2.24) is 15.5 Å². The van der Waals surface area contributed by atoms with E-state index < -0.39 is 0 Å². The summed E-state index contributed by atoms with van der Waals surface area (Å²) >= 11 is 0. The molecule has 2 fully saturated rings. The fourth-order valence-electron chi connectivity index (χ4n) is 3.36. The summed E-state index contributed by atoms with van der Waals surface area (Å²) in [5.74, 6) is 2.81. The lowest BCUT2D eigenvalue weighted by Crippen LogP contribution is -2.28. The normalized spacial score (nSPS) is 26.8. The van der Waals surface area contributed by atoms with E-state index in [9.17, 15) is 0 Å². The smallest absolute Gasteiger partial charge is 0.231 e. The molecule has 1 saturated carbocycles. The third-order valence-electron chi connectivity index (χ3n) is 4.57. The topological polar surface area (TPSA) is 51.0 Å². The molecule has 19 heavy (non-hydrogen) atoms. The molecule has 106 valence electrons. The third-order valence-corrected chi connectivity index (χ3v) is 4.57. The van der Waals surface area contributed by atoms with Gasteiger partial charge in [-0.05, 0) is 32.2 Å². The van der Waals surface area contributed by atoms with Crippen LogP contribution in [-0.2, 0) is 0 Å². The first-order valence-corrected chi connectivity index (χ1v) is 7.97. The first-order chi connectivity index (χ1) is 9.43. The van der Waals surface area contributed by atoms with Crippen molar-refractivity contribution >= 4 is 0 Å². The Morgan fingerprint density at radius 3 is 2.37 bits per heavy atom. The summed E-state index contributed by atoms with van der Waals surface area (Å²) < 4.78 is 5.53. The van der Waals surface area contributed by atoms with Gasteiger partial charge in [-0.1, -0.05) is 37.3 Å². The van der Waals surface area contributed by atoms with Gasteiger partial charge in [0.05, 0.1) is 5.92 Å². The number of hydrogen-bond donors (Lipinski definition) is 1. The first-order valence-electron chi connectivity index (χ1n) is 7.97. The number of nitrogens with zero attached hydrogens (tertiary/aromatic N) is 2. The molecule has 0 spiro atoms. The van der Waals surface area contributed by atoms with Gasteiger partial charge in [0.15, 0.2) is 5.82 Å².